The molecule has 0 aliphatic rings. The first kappa shape index (κ1) is 9.06. The first-order valence-corrected chi connectivity index (χ1v) is 4.75. The summed E-state index contributed by atoms with van der Waals surface area (Å²) in [5.41, 5.74) is 0. The molecule has 0 saturated heterocycles. The van der Waals surface area contributed by atoms with E-state index in [0.717, 1.165) is 19.0 Å². The van der Waals surface area contributed by atoms with E-state index in [4.69, 9.17) is 4.52 Å². The van der Waals surface area contributed by atoms with Crippen LogP contribution in [0.4, 0.5) is 0 Å². The second-order valence-corrected chi connectivity index (χ2v) is 3.20. The van der Waals surface area contributed by atoms with Crippen molar-refractivity contribution in [1.29, 1.82) is 0 Å². The fourth-order valence-corrected chi connectivity index (χ4v) is 1.49. The second kappa shape index (κ2) is 6.18. The van der Waals surface area contributed by atoms with Crippen LogP contribution in [0.2, 0.25) is 0 Å². The van der Waals surface area contributed by atoms with Crippen molar-refractivity contribution in [3.05, 3.63) is 0 Å². The van der Waals surface area contributed by atoms with E-state index >= 15 is 0 Å². The minimum atomic E-state index is -1.34. The van der Waals surface area contributed by atoms with Gasteiger partial charge >= 0.3 is 8.03 Å². The number of hydrogen-bond donors (Lipinski definition) is 0. The minimum Gasteiger partial charge on any atom is -0.147 e. The molecule has 0 fully saturated rings. The fourth-order valence-electron chi connectivity index (χ4n) is 0.496. The summed E-state index contributed by atoms with van der Waals surface area (Å²) in [5, 5.41) is 0. The standard InChI is InChI=1S/C6H14O2P/c1-3-5-6-9(7)8-4-2/h3-6H2,1-2H3/q+1. The summed E-state index contributed by atoms with van der Waals surface area (Å²) in [6.45, 7) is 4.51. The van der Waals surface area contributed by atoms with Crippen molar-refractivity contribution in [3.8, 4) is 0 Å². The maximum absolute atomic E-state index is 10.7. The van der Waals surface area contributed by atoms with Crippen molar-refractivity contribution in [2.75, 3.05) is 12.8 Å². The predicted molar refractivity (Wildman–Crippen MR) is 39.0 cm³/mol. The number of hydrogen-bond acceptors (Lipinski definition) is 2. The van der Waals surface area contributed by atoms with Crippen LogP contribution in [0.3, 0.4) is 0 Å². The normalized spacial score (nSPS) is 11.6. The molecule has 0 radical (unpaired) electrons. The van der Waals surface area contributed by atoms with E-state index in [0.29, 0.717) is 6.61 Å². The molecule has 0 heterocycles. The van der Waals surface area contributed by atoms with Gasteiger partial charge in [0.05, 0.1) is 6.61 Å². The van der Waals surface area contributed by atoms with Crippen LogP contribution in [-0.2, 0) is 9.09 Å². The Balaban J connectivity index is 3.06. The summed E-state index contributed by atoms with van der Waals surface area (Å²) in [6.07, 6.45) is 2.82. The topological polar surface area (TPSA) is 26.3 Å². The van der Waals surface area contributed by atoms with Crippen LogP contribution in [0.15, 0.2) is 0 Å². The van der Waals surface area contributed by atoms with E-state index in [1.54, 1.807) is 0 Å². The molecular formula is C6H14O2P+. The van der Waals surface area contributed by atoms with Crippen molar-refractivity contribution < 1.29 is 9.09 Å². The smallest absolute Gasteiger partial charge is 0.147 e. The van der Waals surface area contributed by atoms with Gasteiger partial charge in [0.15, 0.2) is 6.16 Å². The molecule has 54 valence electrons. The van der Waals surface area contributed by atoms with Gasteiger partial charge in [-0.1, -0.05) is 13.3 Å². The molecule has 0 spiro atoms. The zero-order valence-electron chi connectivity index (χ0n) is 6.09. The number of rotatable bonds is 5. The highest BCUT2D eigenvalue weighted by molar-refractivity contribution is 7.39. The Morgan fingerprint density at radius 1 is 1.44 bits per heavy atom. The average molecular weight is 149 g/mol. The van der Waals surface area contributed by atoms with Gasteiger partial charge in [0.2, 0.25) is 0 Å². The van der Waals surface area contributed by atoms with Crippen LogP contribution in [0.5, 0.6) is 0 Å². The summed E-state index contributed by atoms with van der Waals surface area (Å²) in [5.74, 6) is 0. The maximum atomic E-state index is 10.7. The summed E-state index contributed by atoms with van der Waals surface area (Å²) in [6, 6.07) is 0. The van der Waals surface area contributed by atoms with Crippen molar-refractivity contribution in [1.82, 2.24) is 0 Å². The molecule has 0 aromatic heterocycles. The molecular weight excluding hydrogens is 135 g/mol. The van der Waals surface area contributed by atoms with Gasteiger partial charge < -0.3 is 0 Å². The molecule has 2 nitrogen and oxygen atoms in total. The third-order valence-electron chi connectivity index (χ3n) is 0.967. The minimum absolute atomic E-state index is 0.568. The van der Waals surface area contributed by atoms with Gasteiger partial charge in [-0.2, -0.15) is 0 Å². The summed E-state index contributed by atoms with van der Waals surface area (Å²) in [4.78, 5) is 0. The molecule has 1 atom stereocenters. The lowest BCUT2D eigenvalue weighted by molar-refractivity contribution is 0.350. The molecule has 3 heteroatoms. The Bertz CT molecular complexity index is 83.1. The van der Waals surface area contributed by atoms with Crippen molar-refractivity contribution in [3.63, 3.8) is 0 Å². The molecule has 0 N–H and O–H groups in total. The van der Waals surface area contributed by atoms with Gasteiger partial charge in [-0.05, 0) is 17.9 Å². The van der Waals surface area contributed by atoms with Crippen LogP contribution in [-0.4, -0.2) is 12.8 Å². The molecule has 0 aromatic rings. The summed E-state index contributed by atoms with van der Waals surface area (Å²) in [7, 11) is -1.34. The molecule has 0 aliphatic carbocycles. The maximum Gasteiger partial charge on any atom is 0.508 e. The summed E-state index contributed by atoms with van der Waals surface area (Å²) < 4.78 is 15.6. The second-order valence-electron chi connectivity index (χ2n) is 1.83. The van der Waals surface area contributed by atoms with Gasteiger partial charge in [-0.3, -0.25) is 0 Å². The van der Waals surface area contributed by atoms with Gasteiger partial charge in [0.1, 0.15) is 0 Å². The van der Waals surface area contributed by atoms with Crippen molar-refractivity contribution in [2.45, 2.75) is 26.7 Å². The SMILES string of the molecule is CCCC[P+](=O)OCC. The summed E-state index contributed by atoms with van der Waals surface area (Å²) >= 11 is 0. The number of unbranched alkanes of at least 4 members (excludes halogenated alkanes) is 1. The highest BCUT2D eigenvalue weighted by Crippen LogP contribution is 2.22. The third kappa shape index (κ3) is 5.94. The Morgan fingerprint density at radius 3 is 2.56 bits per heavy atom. The Morgan fingerprint density at radius 2 is 2.11 bits per heavy atom. The third-order valence-corrected chi connectivity index (χ3v) is 2.19. The van der Waals surface area contributed by atoms with Crippen LogP contribution in [0.25, 0.3) is 0 Å². The molecule has 0 bridgehead atoms. The molecule has 0 rings (SSSR count). The average Bonchev–Trinajstić information content (AvgIpc) is 1.85. The largest absolute Gasteiger partial charge is 0.508 e. The van der Waals surface area contributed by atoms with E-state index in [1.807, 2.05) is 6.92 Å². The van der Waals surface area contributed by atoms with Gasteiger partial charge in [0, 0.05) is 0 Å². The lowest BCUT2D eigenvalue weighted by atomic mass is 10.4. The molecule has 9 heavy (non-hydrogen) atoms. The predicted octanol–water partition coefficient (Wildman–Crippen LogP) is 2.57. The monoisotopic (exact) mass is 149 g/mol. The van der Waals surface area contributed by atoms with E-state index in [2.05, 4.69) is 6.92 Å². The van der Waals surface area contributed by atoms with Gasteiger partial charge in [-0.25, -0.2) is 0 Å². The highest BCUT2D eigenvalue weighted by atomic mass is 31.1. The quantitative estimate of drug-likeness (QED) is 0.561. The fraction of sp³-hybridized carbons (Fsp3) is 1.00. The van der Waals surface area contributed by atoms with E-state index in [1.165, 1.54) is 0 Å². The lowest BCUT2D eigenvalue weighted by Gasteiger charge is -1.83. The zero-order chi connectivity index (χ0) is 7.11. The van der Waals surface area contributed by atoms with Crippen LogP contribution >= 0.6 is 8.03 Å². The molecule has 0 aromatic carbocycles. The molecule has 1 unspecified atom stereocenters. The van der Waals surface area contributed by atoms with E-state index in [-0.39, 0.29) is 0 Å². The zero-order valence-corrected chi connectivity index (χ0v) is 6.99. The molecule has 0 amide bonds. The first-order valence-electron chi connectivity index (χ1n) is 3.38. The van der Waals surface area contributed by atoms with Crippen LogP contribution in [0.1, 0.15) is 26.7 Å². The van der Waals surface area contributed by atoms with E-state index in [9.17, 15) is 4.57 Å². The molecule has 0 aliphatic heterocycles. The Labute approximate surface area is 57.5 Å². The van der Waals surface area contributed by atoms with Crippen LogP contribution < -0.4 is 0 Å². The van der Waals surface area contributed by atoms with Crippen LogP contribution in [0, 0.1) is 0 Å². The highest BCUT2D eigenvalue weighted by Gasteiger charge is 2.13. The Kier molecular flexibility index (Phi) is 6.23. The molecule has 0 saturated carbocycles. The lowest BCUT2D eigenvalue weighted by Crippen LogP contribution is -1.82. The first-order chi connectivity index (χ1) is 4.31. The van der Waals surface area contributed by atoms with Crippen molar-refractivity contribution >= 4 is 8.03 Å². The van der Waals surface area contributed by atoms with Gasteiger partial charge in [0.25, 0.3) is 0 Å². The van der Waals surface area contributed by atoms with Crippen molar-refractivity contribution in [2.24, 2.45) is 0 Å². The Hall–Kier alpha value is 0.0600. The van der Waals surface area contributed by atoms with E-state index < -0.39 is 8.03 Å². The van der Waals surface area contributed by atoms with Gasteiger partial charge in [-0.15, -0.1) is 4.52 Å².